The van der Waals surface area contributed by atoms with Crippen molar-refractivity contribution < 1.29 is 99.8 Å². The number of urea groups is 1. The summed E-state index contributed by atoms with van der Waals surface area (Å²) in [5.74, 6) is -3.87. The number of imide groups is 1. The van der Waals surface area contributed by atoms with Crippen LogP contribution >= 0.6 is 42.1 Å². The minimum atomic E-state index is -4.01. The monoisotopic (exact) mass is 1610 g/mol. The third-order valence-electron chi connectivity index (χ3n) is 18.5. The lowest BCUT2D eigenvalue weighted by Gasteiger charge is -2.24. The molecule has 6 N–H and O–H groups in total. The summed E-state index contributed by atoms with van der Waals surface area (Å²) in [6, 6.07) is 25.8. The summed E-state index contributed by atoms with van der Waals surface area (Å²) in [6.45, 7) is 8.83. The molecule has 0 saturated carbocycles. The largest absolute Gasteiger partial charge is 0.445 e. The number of Topliss-reactive ketones (excluding diaryl/α,β-unsaturated/α-hetero) is 1. The van der Waals surface area contributed by atoms with Crippen molar-refractivity contribution in [3.8, 4) is 11.5 Å². The number of nitrogens with two attached hydrogens (primary N) is 1. The molecule has 111 heavy (non-hydrogen) atoms. The molecular formula is C77H94Cl2N9O21PS. The van der Waals surface area contributed by atoms with Gasteiger partial charge in [0.25, 0.3) is 23.6 Å². The van der Waals surface area contributed by atoms with E-state index in [9.17, 15) is 57.4 Å². The predicted octanol–water partition coefficient (Wildman–Crippen LogP) is 9.43. The molecule has 30 nitrogen and oxygen atoms in total. The Morgan fingerprint density at radius 1 is 0.649 bits per heavy atom. The highest BCUT2D eigenvalue weighted by atomic mass is 35.5. The molecule has 10 amide bonds. The van der Waals surface area contributed by atoms with Gasteiger partial charge in [0.15, 0.2) is 5.78 Å². The minimum absolute atomic E-state index is 0.0232. The van der Waals surface area contributed by atoms with Gasteiger partial charge < -0.3 is 88.6 Å². The number of ether oxygens (including phenoxy) is 8. The number of alkyl halides is 2. The predicted molar refractivity (Wildman–Crippen MR) is 418 cm³/mol. The molecule has 0 radical (unpaired) electrons. The van der Waals surface area contributed by atoms with Gasteiger partial charge in [-0.1, -0.05) is 74.5 Å². The molecule has 1 aromatic heterocycles. The summed E-state index contributed by atoms with van der Waals surface area (Å²) in [5, 5.41) is 10.8. The Bertz CT molecular complexity index is 4350. The van der Waals surface area contributed by atoms with Gasteiger partial charge in [0.2, 0.25) is 11.8 Å². The van der Waals surface area contributed by atoms with E-state index in [1.807, 2.05) is 24.3 Å². The number of thiophene rings is 1. The van der Waals surface area contributed by atoms with Crippen molar-refractivity contribution in [2.24, 2.45) is 17.6 Å². The van der Waals surface area contributed by atoms with Gasteiger partial charge >= 0.3 is 25.8 Å². The van der Waals surface area contributed by atoms with Gasteiger partial charge in [-0.2, -0.15) is 0 Å². The van der Waals surface area contributed by atoms with Crippen molar-refractivity contribution in [3.05, 3.63) is 136 Å². The van der Waals surface area contributed by atoms with Crippen molar-refractivity contribution in [1.82, 2.24) is 25.3 Å². The molecule has 6 aromatic rings. The molecule has 4 heterocycles. The Morgan fingerprint density at radius 2 is 1.13 bits per heavy atom. The molecule has 9 rings (SSSR count). The number of benzene rings is 5. The summed E-state index contributed by atoms with van der Waals surface area (Å²) < 4.78 is 62.8. The van der Waals surface area contributed by atoms with E-state index in [2.05, 4.69) is 16.0 Å². The SMILES string of the molecule is CC(C)[C@H](NC(=O)CCOCCOCCOCCOCCOCCOCCN1C(=O)C=CC1=O)C(=O)C[C@@H](CCCNC(N)=O)C(=O)Nc1ccc(COC(=O)N(C)CCN(C)C(=O)Oc2cc3c(c4ccccc24)[C@H](CCl)CN3C(=O)c2ccc(C(=O)N3C[C@@H](CCl)c4c3cc(OP(C)(=O)O)c3ccccc43)s2)cc1. The molecule has 0 saturated heterocycles. The van der Waals surface area contributed by atoms with Crippen LogP contribution in [-0.4, -0.2) is 236 Å². The van der Waals surface area contributed by atoms with Crippen LogP contribution < -0.4 is 40.7 Å². The van der Waals surface area contributed by atoms with Gasteiger partial charge in [-0.05, 0) is 70.5 Å². The lowest BCUT2D eigenvalue weighted by atomic mass is 9.89. The minimum Gasteiger partial charge on any atom is -0.445 e. The second-order valence-corrected chi connectivity index (χ2v) is 30.4. The molecule has 598 valence electrons. The number of hydrogen-bond donors (Lipinski definition) is 5. The maximum absolute atomic E-state index is 14.7. The smallest absolute Gasteiger partial charge is 0.415 e. The number of halogens is 2. The third-order valence-corrected chi connectivity index (χ3v) is 20.8. The summed E-state index contributed by atoms with van der Waals surface area (Å²) in [6.07, 6.45) is 1.27. The average Bonchev–Trinajstić information content (AvgIpc) is 1.61. The molecule has 0 bridgehead atoms. The number of carbonyl (C=O) groups excluding carboxylic acids is 10. The molecule has 0 spiro atoms. The zero-order valence-corrected chi connectivity index (χ0v) is 65.7. The highest BCUT2D eigenvalue weighted by Crippen LogP contribution is 2.51. The van der Waals surface area contributed by atoms with E-state index in [4.69, 9.17) is 71.4 Å². The fraction of sp³-hybridized carbons (Fsp3) is 0.455. The number of rotatable bonds is 44. The molecule has 1 unspecified atom stereocenters. The van der Waals surface area contributed by atoms with Crippen molar-refractivity contribution >= 4 is 140 Å². The second-order valence-electron chi connectivity index (χ2n) is 26.9. The number of primary amides is 1. The first-order valence-corrected chi connectivity index (χ1v) is 40.3. The number of nitrogens with zero attached hydrogens (tertiary/aromatic N) is 5. The van der Waals surface area contributed by atoms with Crippen LogP contribution in [0.1, 0.15) is 87.4 Å². The van der Waals surface area contributed by atoms with Crippen LogP contribution in [0.15, 0.2) is 109 Å². The van der Waals surface area contributed by atoms with E-state index < -0.39 is 61.4 Å². The molecule has 5 aromatic carbocycles. The Labute approximate surface area is 656 Å². The van der Waals surface area contributed by atoms with Gasteiger partial charge in [0, 0.05) is 137 Å². The normalized spacial score (nSPS) is 15.5. The number of nitrogens with one attached hydrogen (secondary N) is 3. The summed E-state index contributed by atoms with van der Waals surface area (Å²) in [4.78, 5) is 149. The summed E-state index contributed by atoms with van der Waals surface area (Å²) >= 11 is 14.2. The van der Waals surface area contributed by atoms with E-state index in [-0.39, 0.29) is 160 Å². The molecule has 0 fully saturated rings. The molecule has 3 aliphatic heterocycles. The zero-order chi connectivity index (χ0) is 79.7. The lowest BCUT2D eigenvalue weighted by Crippen LogP contribution is -2.45. The summed E-state index contributed by atoms with van der Waals surface area (Å²) in [7, 11) is -0.988. The first kappa shape index (κ1) is 85.9. The number of amides is 10. The Balaban J connectivity index is 0.689. The van der Waals surface area contributed by atoms with E-state index >= 15 is 0 Å². The summed E-state index contributed by atoms with van der Waals surface area (Å²) in [5.41, 5.74) is 8.78. The average molecular weight is 1620 g/mol. The van der Waals surface area contributed by atoms with Crippen LogP contribution in [-0.2, 0) is 68.3 Å². The van der Waals surface area contributed by atoms with Crippen LogP contribution in [0.3, 0.4) is 0 Å². The third kappa shape index (κ3) is 24.2. The van der Waals surface area contributed by atoms with E-state index in [0.717, 1.165) is 44.8 Å². The van der Waals surface area contributed by atoms with Gasteiger partial charge in [0.05, 0.1) is 113 Å². The van der Waals surface area contributed by atoms with Crippen molar-refractivity contribution in [2.75, 3.05) is 166 Å². The van der Waals surface area contributed by atoms with Crippen molar-refractivity contribution in [2.45, 2.75) is 64.0 Å². The fourth-order valence-corrected chi connectivity index (χ4v) is 14.7. The fourth-order valence-electron chi connectivity index (χ4n) is 12.8. The van der Waals surface area contributed by atoms with Gasteiger partial charge in [-0.15, -0.1) is 34.5 Å². The molecular weight excluding hydrogens is 1520 g/mol. The van der Waals surface area contributed by atoms with E-state index in [0.29, 0.717) is 92.7 Å². The Hall–Kier alpha value is -9.11. The second kappa shape index (κ2) is 42.0. The number of hydrogen-bond acceptors (Lipinski definition) is 21. The highest BCUT2D eigenvalue weighted by Gasteiger charge is 2.40. The standard InChI is InChI=1S/C77H94Cl2N9O21PS/c1-49(2)71(83-66(90)24-29-101-31-33-103-35-37-105-39-40-106-38-36-104-34-32-102-30-28-86-67(91)22-23-68(86)92)61(89)41-51(11-10-25-81-75(80)96)72(93)82-54-18-16-50(17-19-54)48-107-76(97)84(3)26-27-85(4)77(98)108-62-42-59-69(57-14-8-6-12-55(57)62)52(44-78)46-87(59)73(94)64-20-21-65(111-64)74(95)88-47-53(45-79)70-58-15-9-7-13-56(58)63(43-60(70)88)109-110(5,99)100/h6-9,12-23,42-43,49,51-53,71H,10-11,24-41,44-48H2,1-5H3,(H,82,93)(H,83,90)(H,99,100)(H3,80,81,96)/t51-,52-,53-,71+/m1/s1. The van der Waals surface area contributed by atoms with Gasteiger partial charge in [-0.3, -0.25) is 38.5 Å². The Kier molecular flexibility index (Phi) is 32.5. The Morgan fingerprint density at radius 3 is 1.62 bits per heavy atom. The van der Waals surface area contributed by atoms with E-state index in [1.54, 1.807) is 96.4 Å². The van der Waals surface area contributed by atoms with Crippen LogP contribution in [0.2, 0.25) is 0 Å². The van der Waals surface area contributed by atoms with E-state index in [1.165, 1.54) is 36.0 Å². The molecule has 34 heteroatoms. The van der Waals surface area contributed by atoms with Crippen LogP contribution in [0.4, 0.5) is 31.4 Å². The molecule has 5 atom stereocenters. The number of fused-ring (bicyclic) bond motifs is 6. The van der Waals surface area contributed by atoms with Crippen molar-refractivity contribution in [3.63, 3.8) is 0 Å². The van der Waals surface area contributed by atoms with Gasteiger partial charge in [0.1, 0.15) is 18.1 Å². The molecule has 0 aliphatic carbocycles. The number of carbonyl (C=O) groups is 10. The first-order chi connectivity index (χ1) is 53.3. The maximum atomic E-state index is 14.7. The van der Waals surface area contributed by atoms with Crippen LogP contribution in [0.25, 0.3) is 21.5 Å². The molecule has 3 aliphatic rings. The number of ketones is 1. The maximum Gasteiger partial charge on any atom is 0.415 e. The van der Waals surface area contributed by atoms with Crippen molar-refractivity contribution in [1.29, 1.82) is 0 Å². The van der Waals surface area contributed by atoms with Crippen LogP contribution in [0.5, 0.6) is 11.5 Å². The first-order valence-electron chi connectivity index (χ1n) is 36.4. The van der Waals surface area contributed by atoms with Crippen LogP contribution in [0, 0.1) is 11.8 Å². The lowest BCUT2D eigenvalue weighted by molar-refractivity contribution is -0.137. The number of anilines is 3. The highest BCUT2D eigenvalue weighted by molar-refractivity contribution is 7.52. The topological polar surface area (TPSA) is 369 Å². The quantitative estimate of drug-likeness (QED) is 0.0103. The zero-order valence-electron chi connectivity index (χ0n) is 62.5. The van der Waals surface area contributed by atoms with Gasteiger partial charge in [-0.25, -0.2) is 18.9 Å². The number of likely N-dealkylation sites (N-methyl/N-ethyl adjacent to an activating group) is 2.